The van der Waals surface area contributed by atoms with Crippen molar-refractivity contribution < 1.29 is 8.42 Å². The number of hydrogen-bond donors (Lipinski definition) is 1. The molecule has 0 bridgehead atoms. The molecule has 1 N–H and O–H groups in total. The summed E-state index contributed by atoms with van der Waals surface area (Å²) in [6.07, 6.45) is 5.36. The van der Waals surface area contributed by atoms with Crippen LogP contribution >= 0.6 is 0 Å². The van der Waals surface area contributed by atoms with Crippen LogP contribution in [0.4, 0.5) is 11.4 Å². The molecule has 1 aliphatic heterocycles. The molecule has 1 aromatic carbocycles. The normalized spacial score (nSPS) is 17.8. The van der Waals surface area contributed by atoms with Gasteiger partial charge in [0.25, 0.3) is 0 Å². The minimum Gasteiger partial charge on any atom is -0.382 e. The van der Waals surface area contributed by atoms with Crippen molar-refractivity contribution in [2.45, 2.75) is 39.3 Å². The predicted molar refractivity (Wildman–Crippen MR) is 96.9 cm³/mol. The van der Waals surface area contributed by atoms with E-state index in [2.05, 4.69) is 17.3 Å². The Kier molecular flexibility index (Phi) is 4.80. The van der Waals surface area contributed by atoms with Gasteiger partial charge < -0.3 is 5.32 Å². The van der Waals surface area contributed by atoms with E-state index < -0.39 is 10.0 Å². The fourth-order valence-corrected chi connectivity index (χ4v) is 4.61. The SMILES string of the molecule is Cc1ccc(NC(C)CCn2cccn2)cc1N1CCCS1(=O)=O. The van der Waals surface area contributed by atoms with E-state index in [1.165, 1.54) is 0 Å². The summed E-state index contributed by atoms with van der Waals surface area (Å²) in [5.74, 6) is 0.240. The number of benzene rings is 1. The quantitative estimate of drug-likeness (QED) is 0.871. The smallest absolute Gasteiger partial charge is 0.235 e. The Bertz CT molecular complexity index is 787. The van der Waals surface area contributed by atoms with Crippen molar-refractivity contribution in [2.75, 3.05) is 21.9 Å². The second kappa shape index (κ2) is 6.84. The molecular formula is C17H24N4O2S. The molecule has 0 aliphatic carbocycles. The Hall–Kier alpha value is -2.02. The minimum absolute atomic E-state index is 0.240. The van der Waals surface area contributed by atoms with Crippen LogP contribution in [-0.2, 0) is 16.6 Å². The minimum atomic E-state index is -3.15. The number of rotatable bonds is 6. The van der Waals surface area contributed by atoms with Crippen LogP contribution in [0.5, 0.6) is 0 Å². The van der Waals surface area contributed by atoms with E-state index in [4.69, 9.17) is 0 Å². The lowest BCUT2D eigenvalue weighted by Gasteiger charge is -2.22. The summed E-state index contributed by atoms with van der Waals surface area (Å²) in [7, 11) is -3.15. The summed E-state index contributed by atoms with van der Waals surface area (Å²) in [4.78, 5) is 0. The topological polar surface area (TPSA) is 67.2 Å². The summed E-state index contributed by atoms with van der Waals surface area (Å²) < 4.78 is 27.8. The Labute approximate surface area is 143 Å². The van der Waals surface area contributed by atoms with Gasteiger partial charge in [-0.3, -0.25) is 8.99 Å². The van der Waals surface area contributed by atoms with E-state index in [1.807, 2.05) is 42.1 Å². The van der Waals surface area contributed by atoms with Gasteiger partial charge in [-0.05, 0) is 50.5 Å². The summed E-state index contributed by atoms with van der Waals surface area (Å²) in [6.45, 7) is 5.49. The average Bonchev–Trinajstić information content (AvgIpc) is 3.16. The number of aryl methyl sites for hydroxylation is 2. The summed E-state index contributed by atoms with van der Waals surface area (Å²) >= 11 is 0. The van der Waals surface area contributed by atoms with Crippen molar-refractivity contribution in [1.29, 1.82) is 0 Å². The van der Waals surface area contributed by atoms with Gasteiger partial charge in [0.15, 0.2) is 0 Å². The first-order valence-corrected chi connectivity index (χ1v) is 9.92. The largest absolute Gasteiger partial charge is 0.382 e. The van der Waals surface area contributed by atoms with E-state index in [9.17, 15) is 8.42 Å². The number of sulfonamides is 1. The molecule has 0 saturated carbocycles. The van der Waals surface area contributed by atoms with Crippen molar-refractivity contribution in [3.05, 3.63) is 42.2 Å². The van der Waals surface area contributed by atoms with E-state index in [1.54, 1.807) is 10.5 Å². The highest BCUT2D eigenvalue weighted by Gasteiger charge is 2.29. The first-order valence-electron chi connectivity index (χ1n) is 8.31. The van der Waals surface area contributed by atoms with Gasteiger partial charge >= 0.3 is 0 Å². The first kappa shape index (κ1) is 16.8. The number of nitrogens with zero attached hydrogens (tertiary/aromatic N) is 3. The molecule has 6 nitrogen and oxygen atoms in total. The average molecular weight is 348 g/mol. The van der Waals surface area contributed by atoms with Crippen LogP contribution in [0.15, 0.2) is 36.7 Å². The third kappa shape index (κ3) is 3.72. The highest BCUT2D eigenvalue weighted by atomic mass is 32.2. The molecule has 1 saturated heterocycles. The number of aromatic nitrogens is 2. The highest BCUT2D eigenvalue weighted by molar-refractivity contribution is 7.93. The van der Waals surface area contributed by atoms with Gasteiger partial charge in [-0.1, -0.05) is 6.07 Å². The van der Waals surface area contributed by atoms with Crippen molar-refractivity contribution >= 4 is 21.4 Å². The molecule has 1 atom stereocenters. The fourth-order valence-electron chi connectivity index (χ4n) is 2.99. The molecular weight excluding hydrogens is 324 g/mol. The van der Waals surface area contributed by atoms with Gasteiger partial charge in [0.05, 0.1) is 11.4 Å². The van der Waals surface area contributed by atoms with Crippen molar-refractivity contribution in [3.63, 3.8) is 0 Å². The maximum absolute atomic E-state index is 12.2. The molecule has 24 heavy (non-hydrogen) atoms. The van der Waals surface area contributed by atoms with Gasteiger partial charge in [-0.2, -0.15) is 5.10 Å². The summed E-state index contributed by atoms with van der Waals surface area (Å²) in [5, 5.41) is 7.66. The van der Waals surface area contributed by atoms with Gasteiger partial charge in [-0.15, -0.1) is 0 Å². The molecule has 0 amide bonds. The Morgan fingerprint density at radius 1 is 1.38 bits per heavy atom. The van der Waals surface area contributed by atoms with Crippen LogP contribution in [0.2, 0.25) is 0 Å². The van der Waals surface area contributed by atoms with Crippen molar-refractivity contribution in [3.8, 4) is 0 Å². The van der Waals surface area contributed by atoms with Crippen molar-refractivity contribution in [2.24, 2.45) is 0 Å². The number of nitrogens with one attached hydrogen (secondary N) is 1. The molecule has 1 aliphatic rings. The Morgan fingerprint density at radius 2 is 2.21 bits per heavy atom. The first-order chi connectivity index (χ1) is 11.5. The maximum Gasteiger partial charge on any atom is 0.235 e. The zero-order valence-corrected chi connectivity index (χ0v) is 15.0. The molecule has 0 spiro atoms. The van der Waals surface area contributed by atoms with E-state index in [0.717, 1.165) is 29.9 Å². The lowest BCUT2D eigenvalue weighted by molar-refractivity contribution is 0.546. The van der Waals surface area contributed by atoms with Gasteiger partial charge in [0.1, 0.15) is 0 Å². The molecule has 1 unspecified atom stereocenters. The zero-order valence-electron chi connectivity index (χ0n) is 14.1. The molecule has 2 aromatic rings. The van der Waals surface area contributed by atoms with Crippen LogP contribution in [0.1, 0.15) is 25.3 Å². The van der Waals surface area contributed by atoms with Crippen LogP contribution in [-0.4, -0.2) is 36.5 Å². The van der Waals surface area contributed by atoms with E-state index >= 15 is 0 Å². The molecule has 0 radical (unpaired) electrons. The Balaban J connectivity index is 1.69. The van der Waals surface area contributed by atoms with Crippen LogP contribution in [0, 0.1) is 6.92 Å². The second-order valence-corrected chi connectivity index (χ2v) is 8.36. The van der Waals surface area contributed by atoms with E-state index in [-0.39, 0.29) is 11.8 Å². The standard InChI is InChI=1S/C17H24N4O2S/c1-14-5-6-16(13-17(14)21-10-4-12-24(21,22)23)19-15(2)7-11-20-9-3-8-18-20/h3,5-6,8-9,13,15,19H,4,7,10-12H2,1-2H3. The second-order valence-electron chi connectivity index (χ2n) is 6.35. The Morgan fingerprint density at radius 3 is 2.88 bits per heavy atom. The lowest BCUT2D eigenvalue weighted by atomic mass is 10.1. The van der Waals surface area contributed by atoms with E-state index in [0.29, 0.717) is 13.0 Å². The summed E-state index contributed by atoms with van der Waals surface area (Å²) in [5.41, 5.74) is 2.72. The molecule has 3 rings (SSSR count). The predicted octanol–water partition coefficient (Wildman–Crippen LogP) is 2.62. The van der Waals surface area contributed by atoms with Gasteiger partial charge in [0.2, 0.25) is 10.0 Å². The maximum atomic E-state index is 12.2. The molecule has 1 fully saturated rings. The van der Waals surface area contributed by atoms with Crippen LogP contribution in [0.3, 0.4) is 0 Å². The fraction of sp³-hybridized carbons (Fsp3) is 0.471. The van der Waals surface area contributed by atoms with Crippen LogP contribution in [0.25, 0.3) is 0 Å². The molecule has 7 heteroatoms. The molecule has 1 aromatic heterocycles. The third-order valence-electron chi connectivity index (χ3n) is 4.34. The molecule has 2 heterocycles. The third-order valence-corrected chi connectivity index (χ3v) is 6.20. The zero-order chi connectivity index (χ0) is 17.2. The van der Waals surface area contributed by atoms with Gasteiger partial charge in [0, 0.05) is 37.2 Å². The summed E-state index contributed by atoms with van der Waals surface area (Å²) in [6, 6.07) is 8.11. The van der Waals surface area contributed by atoms with Crippen LogP contribution < -0.4 is 9.62 Å². The van der Waals surface area contributed by atoms with Gasteiger partial charge in [-0.25, -0.2) is 8.42 Å². The van der Waals surface area contributed by atoms with Crippen molar-refractivity contribution in [1.82, 2.24) is 9.78 Å². The number of hydrogen-bond acceptors (Lipinski definition) is 4. The monoisotopic (exact) mass is 348 g/mol. The lowest BCUT2D eigenvalue weighted by Crippen LogP contribution is -2.26. The number of anilines is 2. The molecule has 130 valence electrons. The highest BCUT2D eigenvalue weighted by Crippen LogP contribution is 2.30.